The van der Waals surface area contributed by atoms with Gasteiger partial charge in [-0.1, -0.05) is 140 Å². The molecule has 3 aliphatic rings. The molecule has 5 heterocycles. The van der Waals surface area contributed by atoms with E-state index in [0.717, 1.165) is 63.1 Å². The number of para-hydroxylation sites is 5. The summed E-state index contributed by atoms with van der Waals surface area (Å²) in [5, 5.41) is 7.11. The molecule has 0 radical (unpaired) electrons. The zero-order valence-electron chi connectivity index (χ0n) is 32.4. The maximum absolute atomic E-state index is 7.12. The van der Waals surface area contributed by atoms with Crippen LogP contribution < -0.4 is 4.74 Å². The van der Waals surface area contributed by atoms with Gasteiger partial charge in [0.1, 0.15) is 11.5 Å². The van der Waals surface area contributed by atoms with Crippen molar-refractivity contribution in [3.05, 3.63) is 209 Å². The van der Waals surface area contributed by atoms with Crippen molar-refractivity contribution in [2.24, 2.45) is 0 Å². The minimum absolute atomic E-state index is 0.658. The van der Waals surface area contributed by atoms with Crippen LogP contribution in [0.5, 0.6) is 11.5 Å². The topological polar surface area (TPSA) is 44.9 Å². The summed E-state index contributed by atoms with van der Waals surface area (Å²) >= 11 is 0. The lowest BCUT2D eigenvalue weighted by Gasteiger charge is -2.45. The SMILES string of the molecule is C1=Cc2c(n(-c3nc(-c4ccc5ccccc5c4)c4ccccc4n3)c3cc4c(cc23)C2(c3ccccc3O4)c3ccccc3-n3c4ccccc4c4cccc2c43)CC1. The van der Waals surface area contributed by atoms with Gasteiger partial charge in [0.05, 0.1) is 38.9 Å². The Kier molecular flexibility index (Phi) is 6.27. The van der Waals surface area contributed by atoms with Crippen LogP contribution in [0.2, 0.25) is 0 Å². The molecule has 1 unspecified atom stereocenters. The summed E-state index contributed by atoms with van der Waals surface area (Å²) in [5.74, 6) is 2.37. The number of fused-ring (bicyclic) bond motifs is 16. The Labute approximate surface area is 345 Å². The molecule has 5 heteroatoms. The number of aromatic nitrogens is 4. The van der Waals surface area contributed by atoms with Crippen molar-refractivity contribution in [2.45, 2.75) is 18.3 Å². The van der Waals surface area contributed by atoms with Gasteiger partial charge in [-0.25, -0.2) is 9.97 Å². The van der Waals surface area contributed by atoms with Crippen molar-refractivity contribution in [3.63, 3.8) is 0 Å². The highest BCUT2D eigenvalue weighted by Crippen LogP contribution is 2.61. The Balaban J connectivity index is 1.09. The van der Waals surface area contributed by atoms with Gasteiger partial charge in [0.15, 0.2) is 0 Å². The largest absolute Gasteiger partial charge is 0.457 e. The molecular weight excluding hydrogens is 733 g/mol. The molecular formula is C55H34N4O. The van der Waals surface area contributed by atoms with Gasteiger partial charge < -0.3 is 9.30 Å². The first-order valence-electron chi connectivity index (χ1n) is 20.8. The molecule has 0 N–H and O–H groups in total. The fraction of sp³-hybridized carbons (Fsp3) is 0.0545. The molecule has 60 heavy (non-hydrogen) atoms. The van der Waals surface area contributed by atoms with Gasteiger partial charge in [0, 0.05) is 55.6 Å². The van der Waals surface area contributed by atoms with Crippen LogP contribution in [0.3, 0.4) is 0 Å². The summed E-state index contributed by atoms with van der Waals surface area (Å²) in [6, 6.07) is 61.6. The monoisotopic (exact) mass is 766 g/mol. The Morgan fingerprint density at radius 2 is 1.28 bits per heavy atom. The van der Waals surface area contributed by atoms with E-state index >= 15 is 0 Å². The number of ether oxygens (including phenoxy) is 1. The summed E-state index contributed by atoms with van der Waals surface area (Å²) in [5.41, 5.74) is 14.2. The number of hydrogen-bond donors (Lipinski definition) is 0. The van der Waals surface area contributed by atoms with E-state index in [1.165, 1.54) is 66.0 Å². The summed E-state index contributed by atoms with van der Waals surface area (Å²) in [4.78, 5) is 10.8. The number of benzene rings is 8. The van der Waals surface area contributed by atoms with Crippen molar-refractivity contribution in [1.29, 1.82) is 0 Å². The van der Waals surface area contributed by atoms with Crippen LogP contribution in [0.1, 0.15) is 39.9 Å². The average Bonchev–Trinajstić information content (AvgIpc) is 3.82. The van der Waals surface area contributed by atoms with E-state index in [2.05, 4.69) is 191 Å². The van der Waals surface area contributed by atoms with E-state index in [9.17, 15) is 0 Å². The van der Waals surface area contributed by atoms with E-state index in [0.29, 0.717) is 5.95 Å². The first-order valence-corrected chi connectivity index (χ1v) is 20.8. The van der Waals surface area contributed by atoms with E-state index in [-0.39, 0.29) is 0 Å². The van der Waals surface area contributed by atoms with Crippen molar-refractivity contribution in [3.8, 4) is 34.4 Å². The quantitative estimate of drug-likeness (QED) is 0.176. The minimum atomic E-state index is -0.658. The highest BCUT2D eigenvalue weighted by molar-refractivity contribution is 6.12. The summed E-state index contributed by atoms with van der Waals surface area (Å²) in [6.07, 6.45) is 6.44. The van der Waals surface area contributed by atoms with Gasteiger partial charge in [-0.3, -0.25) is 4.57 Å². The minimum Gasteiger partial charge on any atom is -0.457 e. The third-order valence-corrected chi connectivity index (χ3v) is 13.4. The number of allylic oxidation sites excluding steroid dienone is 1. The maximum atomic E-state index is 7.12. The van der Waals surface area contributed by atoms with Gasteiger partial charge in [0.2, 0.25) is 5.95 Å². The first kappa shape index (κ1) is 32.2. The standard InChI is InChI=1S/C55H34N4O/c1-2-15-34-30-35(29-28-33(34)14-1)52-39-18-3-8-23-45(39)56-54(57-52)59-47-25-10-5-17-37(47)40-31-44-51(32-49(40)59)60-50-27-12-7-21-42(50)55(44)41-20-6-11-26-48(41)58-46-24-9-4-16-36(46)38-19-13-22-43(55)53(38)58/h1-9,11-24,26-32H,10,25H2. The molecule has 1 aliphatic carbocycles. The lowest BCUT2D eigenvalue weighted by molar-refractivity contribution is 0.434. The highest BCUT2D eigenvalue weighted by atomic mass is 16.5. The molecule has 8 aromatic carbocycles. The van der Waals surface area contributed by atoms with Crippen molar-refractivity contribution >= 4 is 60.5 Å². The molecule has 0 amide bonds. The lowest BCUT2D eigenvalue weighted by Crippen LogP contribution is -2.37. The second-order valence-corrected chi connectivity index (χ2v) is 16.4. The number of hydrogen-bond acceptors (Lipinski definition) is 3. The second-order valence-electron chi connectivity index (χ2n) is 16.4. The summed E-state index contributed by atoms with van der Waals surface area (Å²) in [7, 11) is 0. The molecule has 0 saturated carbocycles. The van der Waals surface area contributed by atoms with E-state index in [1.807, 2.05) is 0 Å². The molecule has 0 bridgehead atoms. The van der Waals surface area contributed by atoms with Gasteiger partial charge in [-0.2, -0.15) is 0 Å². The van der Waals surface area contributed by atoms with E-state index in [1.54, 1.807) is 0 Å². The maximum Gasteiger partial charge on any atom is 0.235 e. The molecule has 14 rings (SSSR count). The van der Waals surface area contributed by atoms with E-state index < -0.39 is 5.41 Å². The second kappa shape index (κ2) is 11.7. The summed E-state index contributed by atoms with van der Waals surface area (Å²) < 4.78 is 11.9. The van der Waals surface area contributed by atoms with Gasteiger partial charge >= 0.3 is 0 Å². The number of rotatable bonds is 2. The Bertz CT molecular complexity index is 3720. The van der Waals surface area contributed by atoms with Crippen LogP contribution in [0.15, 0.2) is 176 Å². The predicted octanol–water partition coefficient (Wildman–Crippen LogP) is 13.3. The molecule has 3 aromatic heterocycles. The van der Waals surface area contributed by atoms with Crippen LogP contribution in [-0.4, -0.2) is 19.1 Å². The van der Waals surface area contributed by atoms with Crippen molar-refractivity contribution < 1.29 is 4.74 Å². The van der Waals surface area contributed by atoms with E-state index in [4.69, 9.17) is 14.7 Å². The van der Waals surface area contributed by atoms with Gasteiger partial charge in [0.25, 0.3) is 0 Å². The molecule has 11 aromatic rings. The Morgan fingerprint density at radius 1 is 0.517 bits per heavy atom. The third kappa shape index (κ3) is 4.06. The molecule has 0 saturated heterocycles. The predicted molar refractivity (Wildman–Crippen MR) is 243 cm³/mol. The van der Waals surface area contributed by atoms with Crippen LogP contribution in [0.4, 0.5) is 0 Å². The van der Waals surface area contributed by atoms with Gasteiger partial charge in [-0.15, -0.1) is 0 Å². The average molecular weight is 767 g/mol. The molecule has 0 fully saturated rings. The fourth-order valence-corrected chi connectivity index (χ4v) is 11.0. The smallest absolute Gasteiger partial charge is 0.235 e. The Hall–Kier alpha value is -7.76. The fourth-order valence-electron chi connectivity index (χ4n) is 11.0. The van der Waals surface area contributed by atoms with Crippen LogP contribution >= 0.6 is 0 Å². The molecule has 280 valence electrons. The van der Waals surface area contributed by atoms with Crippen LogP contribution in [-0.2, 0) is 11.8 Å². The lowest BCUT2D eigenvalue weighted by atomic mass is 9.61. The highest BCUT2D eigenvalue weighted by Gasteiger charge is 2.50. The van der Waals surface area contributed by atoms with Crippen LogP contribution in [0.25, 0.3) is 83.4 Å². The van der Waals surface area contributed by atoms with Crippen LogP contribution in [0, 0.1) is 0 Å². The van der Waals surface area contributed by atoms with Gasteiger partial charge in [-0.05, 0) is 71.1 Å². The van der Waals surface area contributed by atoms with Crippen molar-refractivity contribution in [1.82, 2.24) is 19.1 Å². The number of nitrogens with zero attached hydrogens (tertiary/aromatic N) is 4. The normalized spacial score (nSPS) is 16.0. The molecule has 1 atom stereocenters. The zero-order chi connectivity index (χ0) is 39.1. The first-order chi connectivity index (χ1) is 29.8. The third-order valence-electron chi connectivity index (χ3n) is 13.4. The zero-order valence-corrected chi connectivity index (χ0v) is 32.4. The molecule has 5 nitrogen and oxygen atoms in total. The Morgan fingerprint density at radius 3 is 2.23 bits per heavy atom. The molecule has 2 aliphatic heterocycles. The molecule has 1 spiro atoms. The van der Waals surface area contributed by atoms with Crippen molar-refractivity contribution in [2.75, 3.05) is 0 Å². The summed E-state index contributed by atoms with van der Waals surface area (Å²) in [6.45, 7) is 0.